The molecule has 1 aromatic carbocycles. The lowest BCUT2D eigenvalue weighted by molar-refractivity contribution is -0.113. The maximum Gasteiger partial charge on any atom is 0.234 e. The molecule has 1 heterocycles. The predicted molar refractivity (Wildman–Crippen MR) is 70.3 cm³/mol. The van der Waals surface area contributed by atoms with Crippen molar-refractivity contribution in [2.24, 2.45) is 0 Å². The predicted octanol–water partition coefficient (Wildman–Crippen LogP) is 2.35. The molecule has 0 fully saturated rings. The normalized spacial score (nSPS) is 13.8. The molecule has 0 saturated carbocycles. The number of nitrogens with one attached hydrogen (secondary N) is 2. The summed E-state index contributed by atoms with van der Waals surface area (Å²) >= 11 is 1.53. The number of hydrogen-bond donors (Lipinski definition) is 2. The maximum absolute atomic E-state index is 11.4. The van der Waals surface area contributed by atoms with Gasteiger partial charge in [-0.3, -0.25) is 4.79 Å². The molecule has 0 atom stereocenters. The fraction of sp³-hybridized carbons (Fsp3) is 0.417. The van der Waals surface area contributed by atoms with Gasteiger partial charge in [-0.1, -0.05) is 0 Å². The van der Waals surface area contributed by atoms with Crippen molar-refractivity contribution in [1.29, 1.82) is 0 Å². The van der Waals surface area contributed by atoms with Crippen molar-refractivity contribution in [2.75, 3.05) is 29.2 Å². The lowest BCUT2D eigenvalue weighted by atomic mass is 10.0. The lowest BCUT2D eigenvalue weighted by Crippen LogP contribution is -2.15. The smallest absolute Gasteiger partial charge is 0.234 e. The van der Waals surface area contributed by atoms with Crippen molar-refractivity contribution in [3.05, 3.63) is 23.8 Å². The van der Waals surface area contributed by atoms with Crippen molar-refractivity contribution in [1.82, 2.24) is 0 Å². The van der Waals surface area contributed by atoms with E-state index in [2.05, 4.69) is 16.7 Å². The van der Waals surface area contributed by atoms with E-state index in [1.807, 2.05) is 18.4 Å². The van der Waals surface area contributed by atoms with Crippen LogP contribution in [-0.4, -0.2) is 24.5 Å². The van der Waals surface area contributed by atoms with Crippen molar-refractivity contribution >= 4 is 29.0 Å². The highest BCUT2D eigenvalue weighted by Gasteiger charge is 2.09. The van der Waals surface area contributed by atoms with Crippen molar-refractivity contribution < 1.29 is 4.79 Å². The summed E-state index contributed by atoms with van der Waals surface area (Å²) < 4.78 is 0. The highest BCUT2D eigenvalue weighted by molar-refractivity contribution is 7.99. The molecular weight excluding hydrogens is 220 g/mol. The van der Waals surface area contributed by atoms with Crippen LogP contribution >= 0.6 is 11.8 Å². The van der Waals surface area contributed by atoms with Gasteiger partial charge in [-0.2, -0.15) is 11.8 Å². The van der Waals surface area contributed by atoms with Crippen LogP contribution in [0.15, 0.2) is 18.2 Å². The number of fused-ring (bicyclic) bond motifs is 1. The van der Waals surface area contributed by atoms with E-state index in [-0.39, 0.29) is 5.91 Å². The molecule has 2 N–H and O–H groups in total. The second kappa shape index (κ2) is 5.25. The van der Waals surface area contributed by atoms with E-state index in [0.29, 0.717) is 5.75 Å². The molecule has 4 heteroatoms. The van der Waals surface area contributed by atoms with Gasteiger partial charge in [0.15, 0.2) is 0 Å². The summed E-state index contributed by atoms with van der Waals surface area (Å²) in [4.78, 5) is 11.4. The molecule has 0 bridgehead atoms. The number of amides is 1. The second-order valence-electron chi connectivity index (χ2n) is 3.88. The van der Waals surface area contributed by atoms with E-state index in [1.54, 1.807) is 0 Å². The summed E-state index contributed by atoms with van der Waals surface area (Å²) in [5.74, 6) is 0.575. The van der Waals surface area contributed by atoms with E-state index in [4.69, 9.17) is 0 Å². The zero-order valence-corrected chi connectivity index (χ0v) is 10.2. The Morgan fingerprint density at radius 2 is 2.44 bits per heavy atom. The number of carbonyl (C=O) groups is 1. The van der Waals surface area contributed by atoms with Crippen LogP contribution in [0, 0.1) is 0 Å². The third kappa shape index (κ3) is 2.70. The fourth-order valence-corrected chi connectivity index (χ4v) is 2.22. The van der Waals surface area contributed by atoms with Gasteiger partial charge in [-0.05, 0) is 42.9 Å². The number of thioether (sulfide) groups is 1. The van der Waals surface area contributed by atoms with Gasteiger partial charge >= 0.3 is 0 Å². The molecule has 1 amide bonds. The number of rotatable bonds is 3. The van der Waals surface area contributed by atoms with Gasteiger partial charge in [0.05, 0.1) is 5.75 Å². The van der Waals surface area contributed by atoms with Gasteiger partial charge in [0, 0.05) is 17.9 Å². The molecule has 2 rings (SSSR count). The Morgan fingerprint density at radius 1 is 1.56 bits per heavy atom. The minimum Gasteiger partial charge on any atom is -0.385 e. The van der Waals surface area contributed by atoms with Crippen LogP contribution in [0.1, 0.15) is 12.0 Å². The number of hydrogen-bond acceptors (Lipinski definition) is 3. The first-order valence-electron chi connectivity index (χ1n) is 5.45. The number of carbonyl (C=O) groups excluding carboxylic acids is 1. The van der Waals surface area contributed by atoms with Gasteiger partial charge in [0.25, 0.3) is 0 Å². The highest BCUT2D eigenvalue weighted by atomic mass is 32.2. The Morgan fingerprint density at radius 3 is 3.25 bits per heavy atom. The van der Waals surface area contributed by atoms with Crippen molar-refractivity contribution in [3.63, 3.8) is 0 Å². The van der Waals surface area contributed by atoms with Crippen LogP contribution < -0.4 is 10.6 Å². The SMILES string of the molecule is CSCC(=O)Nc1ccc2c(c1)CCCN2. The van der Waals surface area contributed by atoms with Crippen LogP contribution in [0.3, 0.4) is 0 Å². The number of aryl methyl sites for hydroxylation is 1. The van der Waals surface area contributed by atoms with Gasteiger partial charge in [0.1, 0.15) is 0 Å². The minimum absolute atomic E-state index is 0.0659. The first-order valence-corrected chi connectivity index (χ1v) is 6.84. The zero-order chi connectivity index (χ0) is 11.4. The Bertz CT molecular complexity index is 393. The molecule has 1 aliphatic rings. The summed E-state index contributed by atoms with van der Waals surface area (Å²) in [7, 11) is 0. The molecule has 0 spiro atoms. The quantitative estimate of drug-likeness (QED) is 0.846. The van der Waals surface area contributed by atoms with Crippen LogP contribution in [-0.2, 0) is 11.2 Å². The minimum atomic E-state index is 0.0659. The van der Waals surface area contributed by atoms with Crippen LogP contribution in [0.5, 0.6) is 0 Å². The molecule has 86 valence electrons. The Kier molecular flexibility index (Phi) is 3.72. The third-order valence-corrected chi connectivity index (χ3v) is 3.15. The summed E-state index contributed by atoms with van der Waals surface area (Å²) in [6.07, 6.45) is 4.18. The van der Waals surface area contributed by atoms with Gasteiger partial charge in [-0.15, -0.1) is 0 Å². The van der Waals surface area contributed by atoms with E-state index < -0.39 is 0 Å². The van der Waals surface area contributed by atoms with E-state index in [0.717, 1.165) is 25.1 Å². The molecule has 0 aromatic heterocycles. The Labute approximate surface area is 100.0 Å². The van der Waals surface area contributed by atoms with Crippen molar-refractivity contribution in [3.8, 4) is 0 Å². The van der Waals surface area contributed by atoms with Crippen molar-refractivity contribution in [2.45, 2.75) is 12.8 Å². The average molecular weight is 236 g/mol. The maximum atomic E-state index is 11.4. The topological polar surface area (TPSA) is 41.1 Å². The monoisotopic (exact) mass is 236 g/mol. The van der Waals surface area contributed by atoms with Gasteiger partial charge in [0.2, 0.25) is 5.91 Å². The zero-order valence-electron chi connectivity index (χ0n) is 9.38. The largest absolute Gasteiger partial charge is 0.385 e. The van der Waals surface area contributed by atoms with Gasteiger partial charge in [-0.25, -0.2) is 0 Å². The van der Waals surface area contributed by atoms with Crippen LogP contribution in [0.25, 0.3) is 0 Å². The lowest BCUT2D eigenvalue weighted by Gasteiger charge is -2.18. The third-order valence-electron chi connectivity index (χ3n) is 2.60. The number of benzene rings is 1. The first kappa shape index (κ1) is 11.3. The molecule has 1 aliphatic heterocycles. The van der Waals surface area contributed by atoms with Crippen LogP contribution in [0.2, 0.25) is 0 Å². The fourth-order valence-electron chi connectivity index (χ4n) is 1.88. The average Bonchev–Trinajstić information content (AvgIpc) is 2.29. The van der Waals surface area contributed by atoms with E-state index in [1.165, 1.54) is 23.0 Å². The van der Waals surface area contributed by atoms with E-state index in [9.17, 15) is 4.79 Å². The van der Waals surface area contributed by atoms with Crippen LogP contribution in [0.4, 0.5) is 11.4 Å². The molecule has 0 radical (unpaired) electrons. The summed E-state index contributed by atoms with van der Waals surface area (Å²) in [6, 6.07) is 6.07. The summed E-state index contributed by atoms with van der Waals surface area (Å²) in [5.41, 5.74) is 3.41. The molecule has 0 saturated heterocycles. The Hall–Kier alpha value is -1.16. The van der Waals surface area contributed by atoms with Gasteiger partial charge < -0.3 is 10.6 Å². The molecular formula is C12H16N2OS. The Balaban J connectivity index is 2.08. The highest BCUT2D eigenvalue weighted by Crippen LogP contribution is 2.25. The number of anilines is 2. The van der Waals surface area contributed by atoms with E-state index >= 15 is 0 Å². The summed E-state index contributed by atoms with van der Waals surface area (Å²) in [6.45, 7) is 1.05. The molecule has 16 heavy (non-hydrogen) atoms. The first-order chi connectivity index (χ1) is 7.79. The molecule has 3 nitrogen and oxygen atoms in total. The molecule has 0 aliphatic carbocycles. The molecule has 1 aromatic rings. The molecule has 0 unspecified atom stereocenters. The summed E-state index contributed by atoms with van der Waals surface area (Å²) in [5, 5.41) is 6.26. The second-order valence-corrected chi connectivity index (χ2v) is 4.75. The standard InChI is InChI=1S/C12H16N2OS/c1-16-8-12(15)14-10-4-5-11-9(7-10)3-2-6-13-11/h4-5,7,13H,2-3,6,8H2,1H3,(H,14,15).